The molecule has 0 aliphatic carbocycles. The predicted molar refractivity (Wildman–Crippen MR) is 41.6 cm³/mol. The van der Waals surface area contributed by atoms with Crippen LogP contribution in [0.5, 0.6) is 0 Å². The summed E-state index contributed by atoms with van der Waals surface area (Å²) in [6, 6.07) is 0. The first-order chi connectivity index (χ1) is 9.50. The van der Waals surface area contributed by atoms with Crippen LogP contribution < -0.4 is 45.1 Å². The monoisotopic (exact) mass is 280 g/mol. The van der Waals surface area contributed by atoms with Crippen LogP contribution in [-0.4, -0.2) is 26.5 Å². The molecule has 0 saturated carbocycles. The maximum atomic E-state index is 11.1. The Balaban J connectivity index is 0. The summed E-state index contributed by atoms with van der Waals surface area (Å²) in [7, 11) is -13.7. The van der Waals surface area contributed by atoms with Crippen LogP contribution in [0.2, 0.25) is 4.24 Å². The van der Waals surface area contributed by atoms with Gasteiger partial charge in [-0.25, -0.2) is 0 Å². The van der Waals surface area contributed by atoms with Crippen molar-refractivity contribution in [1.82, 2.24) is 0 Å². The SMILES string of the molecule is [2H]C([2H])(C([2H])([2H])C(O)(P(=O)([O-])O)P(=O)([O-])O)C([2H])([2H])[N+]([2H])([2H])[2H].[Na+]. The summed E-state index contributed by atoms with van der Waals surface area (Å²) in [6.45, 7) is -4.30. The van der Waals surface area contributed by atoms with Crippen molar-refractivity contribution in [3.05, 3.63) is 0 Å². The zero-order chi connectivity index (χ0) is 19.5. The smallest absolute Gasteiger partial charge is 0.776 e. The summed E-state index contributed by atoms with van der Waals surface area (Å²) < 4.78 is 85.7. The molecule has 0 aliphatic heterocycles. The predicted octanol–water partition coefficient (Wildman–Crippen LogP) is -6.25. The first-order valence-electron chi connectivity index (χ1n) is 7.12. The second-order valence-corrected chi connectivity index (χ2v) is 5.77. The van der Waals surface area contributed by atoms with Gasteiger partial charge in [-0.15, -0.1) is 0 Å². The zero-order valence-electron chi connectivity index (χ0n) is 16.3. The second kappa shape index (κ2) is 6.23. The molecule has 2 unspecified atom stereocenters. The molecule has 2 atom stereocenters. The molecule has 0 spiro atoms. The fraction of sp³-hybridized carbons (Fsp3) is 1.00. The largest absolute Gasteiger partial charge is 1.00 e. The van der Waals surface area contributed by atoms with E-state index in [1.54, 1.807) is 0 Å². The third-order valence-corrected chi connectivity index (χ3v) is 4.39. The van der Waals surface area contributed by atoms with Gasteiger partial charge in [0.2, 0.25) is 0 Å². The van der Waals surface area contributed by atoms with Gasteiger partial charge < -0.3 is 39.5 Å². The summed E-state index contributed by atoms with van der Waals surface area (Å²) in [5, 5.41) is 4.30. The van der Waals surface area contributed by atoms with Crippen molar-refractivity contribution in [3.63, 3.8) is 0 Å². The number of quaternary nitrogens is 1. The normalized spacial score (nSPS) is 35.7. The van der Waals surface area contributed by atoms with Crippen LogP contribution in [-0.2, 0) is 9.13 Å². The second-order valence-electron chi connectivity index (χ2n) is 2.04. The molecule has 11 heteroatoms. The van der Waals surface area contributed by atoms with Crippen LogP contribution in [0.25, 0.3) is 0 Å². The number of aliphatic hydroxyl groups is 1. The minimum atomic E-state index is -6.84. The van der Waals surface area contributed by atoms with Gasteiger partial charge >= 0.3 is 33.8 Å². The molecule has 15 heavy (non-hydrogen) atoms. The summed E-state index contributed by atoms with van der Waals surface area (Å²) >= 11 is 0. The maximum Gasteiger partial charge on any atom is 1.00 e. The van der Waals surface area contributed by atoms with Crippen molar-refractivity contribution in [2.75, 3.05) is 6.50 Å². The van der Waals surface area contributed by atoms with E-state index in [1.807, 2.05) is 0 Å². The van der Waals surface area contributed by atoms with Crippen LogP contribution in [0.3, 0.4) is 0 Å². The average Bonchev–Trinajstić information content (AvgIpc) is 2.22. The van der Waals surface area contributed by atoms with Crippen LogP contribution in [0.4, 0.5) is 0 Å². The molecule has 0 aromatic heterocycles. The Bertz CT molecular complexity index is 547. The summed E-state index contributed by atoms with van der Waals surface area (Å²) in [6.07, 6.45) is -9.42. The minimum Gasteiger partial charge on any atom is -0.776 e. The first kappa shape index (κ1) is 6.97. The van der Waals surface area contributed by atoms with E-state index in [4.69, 9.17) is 22.2 Å². The molecule has 0 rings (SSSR count). The quantitative estimate of drug-likeness (QED) is 0.277. The molecule has 0 radical (unpaired) electrons. The molecule has 0 aromatic carbocycles. The van der Waals surface area contributed by atoms with Crippen molar-refractivity contribution in [3.8, 4) is 0 Å². The van der Waals surface area contributed by atoms with Gasteiger partial charge in [0.05, 0.1) is 9.24 Å². The topological polar surface area (TPSA) is 169 Å². The fourth-order valence-electron chi connectivity index (χ4n) is 0.413. The van der Waals surface area contributed by atoms with Crippen LogP contribution >= 0.6 is 15.2 Å². The summed E-state index contributed by atoms with van der Waals surface area (Å²) in [5.74, 6) is 0. The van der Waals surface area contributed by atoms with Crippen molar-refractivity contribution in [1.29, 1.82) is 0 Å². The maximum absolute atomic E-state index is 11.1. The van der Waals surface area contributed by atoms with Crippen LogP contribution in [0.1, 0.15) is 21.0 Å². The molecule has 0 saturated heterocycles. The zero-order valence-corrected chi connectivity index (χ0v) is 11.1. The number of hydrogen-bond acceptors (Lipinski definition) is 5. The molecule has 0 aromatic rings. The third kappa shape index (κ3) is 4.53. The van der Waals surface area contributed by atoms with Gasteiger partial charge in [0.1, 0.15) is 0 Å². The molecule has 6 N–H and O–H groups in total. The van der Waals surface area contributed by atoms with E-state index in [1.165, 1.54) is 0 Å². The summed E-state index contributed by atoms with van der Waals surface area (Å²) in [5.41, 5.74) is -3.22. The average molecular weight is 280 g/mol. The standard InChI is InChI=1S/C4H13NO7P2.Na/c5-3-1-2-4(6,13(7,8)9)14(10,11)12;/h6H,1-3,5H2,(H2,7,8,9)(H2,10,11,12);/q;+1/p-1/i1D2,2D2,3D2;/hD3. The van der Waals surface area contributed by atoms with Gasteiger partial charge in [-0.05, 0) is 6.37 Å². The Hall–Kier alpha value is 1.22. The summed E-state index contributed by atoms with van der Waals surface area (Å²) in [4.78, 5) is 39.8. The van der Waals surface area contributed by atoms with Gasteiger partial charge in [-0.2, -0.15) is 0 Å². The van der Waals surface area contributed by atoms with Crippen molar-refractivity contribution in [2.24, 2.45) is 0 Å². The van der Waals surface area contributed by atoms with Crippen molar-refractivity contribution < 1.29 is 81.5 Å². The molecule has 8 nitrogen and oxygen atoms in total. The molecule has 0 amide bonds. The Morgan fingerprint density at radius 1 is 1.40 bits per heavy atom. The van der Waals surface area contributed by atoms with Gasteiger partial charge in [0.25, 0.3) is 0 Å². The van der Waals surface area contributed by atoms with E-state index >= 15 is 0 Å². The van der Waals surface area contributed by atoms with E-state index in [0.29, 0.717) is 0 Å². The van der Waals surface area contributed by atoms with Gasteiger partial charge in [-0.1, -0.05) is 0 Å². The number of hydrogen-bond donors (Lipinski definition) is 4. The van der Waals surface area contributed by atoms with Crippen LogP contribution in [0.15, 0.2) is 0 Å². The third-order valence-electron chi connectivity index (χ3n) is 1.07. The molecule has 0 heterocycles. The van der Waals surface area contributed by atoms with E-state index < -0.39 is 45.2 Å². The van der Waals surface area contributed by atoms with Crippen molar-refractivity contribution >= 4 is 15.2 Å². The van der Waals surface area contributed by atoms with E-state index in [2.05, 4.69) is 0 Å². The Labute approximate surface area is 121 Å². The Morgan fingerprint density at radius 3 is 2.07 bits per heavy atom. The van der Waals surface area contributed by atoms with Gasteiger partial charge in [0.15, 0.2) is 20.3 Å². The fourth-order valence-corrected chi connectivity index (χ4v) is 2.08. The first-order valence-corrected chi connectivity index (χ1v) is 5.93. The minimum absolute atomic E-state index is 0. The van der Waals surface area contributed by atoms with Crippen LogP contribution in [0, 0.1) is 0 Å². The van der Waals surface area contributed by atoms with E-state index in [9.17, 15) is 24.0 Å². The van der Waals surface area contributed by atoms with E-state index in [0.717, 1.165) is 0 Å². The molecule has 0 fully saturated rings. The van der Waals surface area contributed by atoms with E-state index in [-0.39, 0.29) is 29.6 Å². The van der Waals surface area contributed by atoms with Gasteiger partial charge in [-0.3, -0.25) is 0 Å². The molecule has 0 aliphatic rings. The Kier molecular flexibility index (Phi) is 2.90. The molecule has 0 bridgehead atoms. The van der Waals surface area contributed by atoms with Gasteiger partial charge in [0, 0.05) is 11.9 Å². The van der Waals surface area contributed by atoms with Crippen molar-refractivity contribution in [2.45, 2.75) is 17.8 Å². The number of rotatable bonds is 6. The molecule has 86 valence electrons. The molecular weight excluding hydrogens is 259 g/mol. The Morgan fingerprint density at radius 2 is 1.80 bits per heavy atom. The molecular formula is C4H12NNaO7P2.